The van der Waals surface area contributed by atoms with E-state index < -0.39 is 0 Å². The highest BCUT2D eigenvalue weighted by Gasteiger charge is 2.11. The summed E-state index contributed by atoms with van der Waals surface area (Å²) in [5.74, 6) is 0. The standard InChI is InChI=1S/C18H26N2/c1-14(2)9-11-20-12-10-15-7-6-8-16(17(15)20)13-19-18(3,4)5/h6-8,10,12,19H,1,9,11,13H2,2-5H3. The molecule has 1 aromatic carbocycles. The van der Waals surface area contributed by atoms with Gasteiger partial charge in [-0.15, -0.1) is 6.58 Å². The van der Waals surface area contributed by atoms with E-state index in [2.05, 4.69) is 74.6 Å². The summed E-state index contributed by atoms with van der Waals surface area (Å²) in [6.07, 6.45) is 3.22. The van der Waals surface area contributed by atoms with E-state index in [1.54, 1.807) is 0 Å². The number of nitrogens with zero attached hydrogens (tertiary/aromatic N) is 1. The first kappa shape index (κ1) is 14.9. The second-order valence-electron chi connectivity index (χ2n) is 6.67. The zero-order valence-corrected chi connectivity index (χ0v) is 13.2. The fourth-order valence-electron chi connectivity index (χ4n) is 2.34. The first-order chi connectivity index (χ1) is 9.37. The molecular formula is C18H26N2. The van der Waals surface area contributed by atoms with Gasteiger partial charge in [0.15, 0.2) is 0 Å². The van der Waals surface area contributed by atoms with Crippen LogP contribution in [0.2, 0.25) is 0 Å². The highest BCUT2D eigenvalue weighted by molar-refractivity contribution is 5.83. The molecule has 0 radical (unpaired) electrons. The molecule has 0 fully saturated rings. The smallest absolute Gasteiger partial charge is 0.0525 e. The van der Waals surface area contributed by atoms with Crippen LogP contribution in [0.1, 0.15) is 39.7 Å². The molecule has 108 valence electrons. The zero-order chi connectivity index (χ0) is 14.8. The second kappa shape index (κ2) is 5.84. The molecule has 0 spiro atoms. The number of para-hydroxylation sites is 1. The molecule has 2 aromatic rings. The summed E-state index contributed by atoms with van der Waals surface area (Å²) >= 11 is 0. The van der Waals surface area contributed by atoms with E-state index in [0.717, 1.165) is 19.5 Å². The van der Waals surface area contributed by atoms with Crippen LogP contribution in [-0.4, -0.2) is 10.1 Å². The Hall–Kier alpha value is -1.54. The molecule has 1 aromatic heterocycles. The molecule has 2 rings (SSSR count). The summed E-state index contributed by atoms with van der Waals surface area (Å²) in [7, 11) is 0. The zero-order valence-electron chi connectivity index (χ0n) is 13.2. The van der Waals surface area contributed by atoms with Gasteiger partial charge in [-0.25, -0.2) is 0 Å². The van der Waals surface area contributed by atoms with Crippen molar-refractivity contribution >= 4 is 10.9 Å². The molecule has 1 heterocycles. The SMILES string of the molecule is C=C(C)CCn1ccc2cccc(CNC(C)(C)C)c21. The number of benzene rings is 1. The van der Waals surface area contributed by atoms with Gasteiger partial charge in [0.05, 0.1) is 5.52 Å². The van der Waals surface area contributed by atoms with Crippen molar-refractivity contribution in [2.24, 2.45) is 0 Å². The van der Waals surface area contributed by atoms with Gasteiger partial charge in [-0.05, 0) is 51.1 Å². The number of aromatic nitrogens is 1. The van der Waals surface area contributed by atoms with Gasteiger partial charge < -0.3 is 9.88 Å². The lowest BCUT2D eigenvalue weighted by atomic mass is 10.1. The maximum atomic E-state index is 4.00. The van der Waals surface area contributed by atoms with Crippen LogP contribution in [0.25, 0.3) is 10.9 Å². The van der Waals surface area contributed by atoms with Gasteiger partial charge in [-0.3, -0.25) is 0 Å². The molecule has 0 atom stereocenters. The van der Waals surface area contributed by atoms with Crippen LogP contribution in [0.15, 0.2) is 42.6 Å². The van der Waals surface area contributed by atoms with Crippen LogP contribution in [0.3, 0.4) is 0 Å². The van der Waals surface area contributed by atoms with E-state index in [0.29, 0.717) is 0 Å². The predicted octanol–water partition coefficient (Wildman–Crippen LogP) is 4.50. The minimum atomic E-state index is 0.136. The van der Waals surface area contributed by atoms with Gasteiger partial charge in [-0.2, -0.15) is 0 Å². The van der Waals surface area contributed by atoms with Gasteiger partial charge in [0, 0.05) is 24.8 Å². The average molecular weight is 270 g/mol. The lowest BCUT2D eigenvalue weighted by Crippen LogP contribution is -2.35. The Labute approximate surface area is 122 Å². The number of aryl methyl sites for hydroxylation is 1. The third-order valence-electron chi connectivity index (χ3n) is 3.46. The molecule has 0 aliphatic carbocycles. The molecule has 0 saturated carbocycles. The van der Waals surface area contributed by atoms with Crippen molar-refractivity contribution in [3.8, 4) is 0 Å². The van der Waals surface area contributed by atoms with Crippen molar-refractivity contribution in [3.63, 3.8) is 0 Å². The molecule has 0 amide bonds. The normalized spacial score (nSPS) is 12.0. The lowest BCUT2D eigenvalue weighted by Gasteiger charge is -2.21. The third-order valence-corrected chi connectivity index (χ3v) is 3.46. The first-order valence-corrected chi connectivity index (χ1v) is 7.33. The highest BCUT2D eigenvalue weighted by Crippen LogP contribution is 2.22. The molecular weight excluding hydrogens is 244 g/mol. The average Bonchev–Trinajstić information content (AvgIpc) is 2.76. The van der Waals surface area contributed by atoms with Crippen molar-refractivity contribution in [2.45, 2.75) is 52.7 Å². The van der Waals surface area contributed by atoms with Gasteiger partial charge in [0.25, 0.3) is 0 Å². The Morgan fingerprint density at radius 3 is 2.65 bits per heavy atom. The molecule has 2 heteroatoms. The van der Waals surface area contributed by atoms with E-state index >= 15 is 0 Å². The molecule has 2 nitrogen and oxygen atoms in total. The molecule has 0 aliphatic heterocycles. The number of hydrogen-bond donors (Lipinski definition) is 1. The van der Waals surface area contributed by atoms with Gasteiger partial charge in [-0.1, -0.05) is 23.8 Å². The van der Waals surface area contributed by atoms with Crippen molar-refractivity contribution < 1.29 is 0 Å². The summed E-state index contributed by atoms with van der Waals surface area (Å²) in [5.41, 5.74) is 4.09. The molecule has 0 saturated heterocycles. The minimum absolute atomic E-state index is 0.136. The molecule has 1 N–H and O–H groups in total. The summed E-state index contributed by atoms with van der Waals surface area (Å²) in [5, 5.41) is 4.90. The highest BCUT2D eigenvalue weighted by atomic mass is 15.0. The van der Waals surface area contributed by atoms with Gasteiger partial charge in [0.2, 0.25) is 0 Å². The van der Waals surface area contributed by atoms with Crippen LogP contribution in [0, 0.1) is 0 Å². The van der Waals surface area contributed by atoms with E-state index in [1.165, 1.54) is 22.0 Å². The number of hydrogen-bond acceptors (Lipinski definition) is 1. The monoisotopic (exact) mass is 270 g/mol. The molecule has 20 heavy (non-hydrogen) atoms. The van der Waals surface area contributed by atoms with Crippen LogP contribution >= 0.6 is 0 Å². The predicted molar refractivity (Wildman–Crippen MR) is 88.0 cm³/mol. The van der Waals surface area contributed by atoms with E-state index in [-0.39, 0.29) is 5.54 Å². The van der Waals surface area contributed by atoms with Gasteiger partial charge in [0.1, 0.15) is 0 Å². The van der Waals surface area contributed by atoms with Crippen LogP contribution in [-0.2, 0) is 13.1 Å². The molecule has 0 bridgehead atoms. The minimum Gasteiger partial charge on any atom is -0.347 e. The van der Waals surface area contributed by atoms with Crippen molar-refractivity contribution in [1.82, 2.24) is 9.88 Å². The summed E-state index contributed by atoms with van der Waals surface area (Å²) in [6, 6.07) is 8.75. The summed E-state index contributed by atoms with van der Waals surface area (Å²) in [4.78, 5) is 0. The summed E-state index contributed by atoms with van der Waals surface area (Å²) in [6.45, 7) is 14.6. The number of fused-ring (bicyclic) bond motifs is 1. The fourth-order valence-corrected chi connectivity index (χ4v) is 2.34. The van der Waals surface area contributed by atoms with E-state index in [4.69, 9.17) is 0 Å². The Kier molecular flexibility index (Phi) is 4.34. The fraction of sp³-hybridized carbons (Fsp3) is 0.444. The van der Waals surface area contributed by atoms with Crippen molar-refractivity contribution in [2.75, 3.05) is 0 Å². The molecule has 0 unspecified atom stereocenters. The second-order valence-corrected chi connectivity index (χ2v) is 6.67. The van der Waals surface area contributed by atoms with Crippen LogP contribution in [0.4, 0.5) is 0 Å². The Morgan fingerprint density at radius 1 is 1.25 bits per heavy atom. The van der Waals surface area contributed by atoms with E-state index in [1.807, 2.05) is 0 Å². The van der Waals surface area contributed by atoms with Crippen LogP contribution < -0.4 is 5.32 Å². The summed E-state index contributed by atoms with van der Waals surface area (Å²) < 4.78 is 2.35. The van der Waals surface area contributed by atoms with Crippen molar-refractivity contribution in [1.29, 1.82) is 0 Å². The number of nitrogens with one attached hydrogen (secondary N) is 1. The Bertz CT molecular complexity index is 599. The Morgan fingerprint density at radius 2 is 2.00 bits per heavy atom. The number of allylic oxidation sites excluding steroid dienone is 1. The van der Waals surface area contributed by atoms with E-state index in [9.17, 15) is 0 Å². The van der Waals surface area contributed by atoms with Gasteiger partial charge >= 0.3 is 0 Å². The maximum absolute atomic E-state index is 4.00. The lowest BCUT2D eigenvalue weighted by molar-refractivity contribution is 0.424. The topological polar surface area (TPSA) is 17.0 Å². The largest absolute Gasteiger partial charge is 0.347 e. The molecule has 0 aliphatic rings. The van der Waals surface area contributed by atoms with Crippen molar-refractivity contribution in [3.05, 3.63) is 48.2 Å². The number of rotatable bonds is 5. The van der Waals surface area contributed by atoms with Crippen LogP contribution in [0.5, 0.6) is 0 Å². The third kappa shape index (κ3) is 3.73. The maximum Gasteiger partial charge on any atom is 0.0525 e. The Balaban J connectivity index is 2.29. The first-order valence-electron chi connectivity index (χ1n) is 7.33. The quantitative estimate of drug-likeness (QED) is 0.792.